The quantitative estimate of drug-likeness (QED) is 0.530. The highest BCUT2D eigenvalue weighted by molar-refractivity contribution is 6.30. The number of amides is 2. The van der Waals surface area contributed by atoms with Crippen LogP contribution in [0.4, 0.5) is 23.7 Å². The molecule has 1 fully saturated rings. The molecule has 1 aliphatic rings. The maximum absolute atomic E-state index is 13.2. The van der Waals surface area contributed by atoms with Crippen molar-refractivity contribution < 1.29 is 23.1 Å². The lowest BCUT2D eigenvalue weighted by atomic mass is 10.0. The highest BCUT2D eigenvalue weighted by Gasteiger charge is 2.45. The molecule has 1 saturated heterocycles. The summed E-state index contributed by atoms with van der Waals surface area (Å²) in [6.07, 6.45) is -4.37. The number of likely N-dealkylation sites (tertiary alicyclic amines) is 1. The Kier molecular flexibility index (Phi) is 6.50. The molecule has 8 nitrogen and oxygen atoms in total. The predicted molar refractivity (Wildman–Crippen MR) is 123 cm³/mol. The fourth-order valence-electron chi connectivity index (χ4n) is 4.16. The summed E-state index contributed by atoms with van der Waals surface area (Å²) in [7, 11) is 0. The molecule has 3 heterocycles. The van der Waals surface area contributed by atoms with Gasteiger partial charge < -0.3 is 19.9 Å². The van der Waals surface area contributed by atoms with Crippen molar-refractivity contribution in [2.75, 3.05) is 11.9 Å². The summed E-state index contributed by atoms with van der Waals surface area (Å²) in [6, 6.07) is 8.08. The molecule has 3 aromatic rings. The molecule has 0 bridgehead atoms. The number of halogens is 4. The zero-order valence-electron chi connectivity index (χ0n) is 19.3. The standard InChI is InChI=1S/C23H24ClF3N6O2/c1-13-17(8-9-19(28-13)23(25,26)27)29-21(34)33-12-22(3,35)10-18(33)20-31-30-14(2)32(20)11-15-4-6-16(24)7-5-15/h4-9,18,35H,10-12H2,1-3H3,(H,29,34)/t18-,22?/m1/s1. The van der Waals surface area contributed by atoms with Crippen LogP contribution < -0.4 is 5.32 Å². The number of aromatic nitrogens is 4. The smallest absolute Gasteiger partial charge is 0.388 e. The number of anilines is 1. The fraction of sp³-hybridized carbons (Fsp3) is 0.391. The number of aliphatic hydroxyl groups is 1. The van der Waals surface area contributed by atoms with Crippen LogP contribution in [-0.2, 0) is 12.7 Å². The highest BCUT2D eigenvalue weighted by atomic mass is 35.5. The minimum atomic E-state index is -4.59. The molecular formula is C23H24ClF3N6O2. The first-order valence-corrected chi connectivity index (χ1v) is 11.2. The second-order valence-electron chi connectivity index (χ2n) is 8.92. The van der Waals surface area contributed by atoms with Crippen molar-refractivity contribution in [3.63, 3.8) is 0 Å². The van der Waals surface area contributed by atoms with Gasteiger partial charge in [0.1, 0.15) is 11.5 Å². The number of pyridine rings is 1. The third kappa shape index (κ3) is 5.40. The summed E-state index contributed by atoms with van der Waals surface area (Å²) >= 11 is 5.98. The van der Waals surface area contributed by atoms with E-state index in [-0.39, 0.29) is 24.3 Å². The van der Waals surface area contributed by atoms with Crippen LogP contribution in [0, 0.1) is 13.8 Å². The van der Waals surface area contributed by atoms with E-state index in [0.717, 1.165) is 11.6 Å². The van der Waals surface area contributed by atoms with E-state index in [4.69, 9.17) is 11.6 Å². The van der Waals surface area contributed by atoms with Gasteiger partial charge in [-0.3, -0.25) is 0 Å². The molecule has 4 rings (SSSR count). The van der Waals surface area contributed by atoms with E-state index in [9.17, 15) is 23.1 Å². The molecule has 35 heavy (non-hydrogen) atoms. The average molecular weight is 509 g/mol. The summed E-state index contributed by atoms with van der Waals surface area (Å²) in [5, 5.41) is 22.5. The van der Waals surface area contributed by atoms with Crippen molar-refractivity contribution in [3.05, 3.63) is 70.0 Å². The molecule has 2 N–H and O–H groups in total. The third-order valence-electron chi connectivity index (χ3n) is 5.92. The van der Waals surface area contributed by atoms with Crippen LogP contribution >= 0.6 is 11.6 Å². The number of nitrogens with one attached hydrogen (secondary N) is 1. The lowest BCUT2D eigenvalue weighted by Crippen LogP contribution is -2.38. The SMILES string of the molecule is Cc1nc(C(F)(F)F)ccc1NC(=O)N1CC(C)(O)C[C@@H]1c1nnc(C)n1Cc1ccc(Cl)cc1. The van der Waals surface area contributed by atoms with Gasteiger partial charge in [-0.1, -0.05) is 23.7 Å². The maximum Gasteiger partial charge on any atom is 0.433 e. The van der Waals surface area contributed by atoms with Crippen molar-refractivity contribution in [2.24, 2.45) is 0 Å². The molecule has 2 aromatic heterocycles. The monoisotopic (exact) mass is 508 g/mol. The van der Waals surface area contributed by atoms with Gasteiger partial charge in [-0.05, 0) is 50.6 Å². The summed E-state index contributed by atoms with van der Waals surface area (Å²) in [6.45, 7) is 5.23. The van der Waals surface area contributed by atoms with Crippen LogP contribution in [0.1, 0.15) is 48.0 Å². The molecule has 2 atom stereocenters. The van der Waals surface area contributed by atoms with Crippen LogP contribution in [0.15, 0.2) is 36.4 Å². The predicted octanol–water partition coefficient (Wildman–Crippen LogP) is 4.74. The minimum Gasteiger partial charge on any atom is -0.388 e. The van der Waals surface area contributed by atoms with Gasteiger partial charge in [0.25, 0.3) is 0 Å². The Morgan fingerprint density at radius 2 is 1.89 bits per heavy atom. The lowest BCUT2D eigenvalue weighted by molar-refractivity contribution is -0.141. The van der Waals surface area contributed by atoms with Gasteiger partial charge in [-0.25, -0.2) is 9.78 Å². The summed E-state index contributed by atoms with van der Waals surface area (Å²) in [5.41, 5.74) is -1.11. The molecular weight excluding hydrogens is 485 g/mol. The number of alkyl halides is 3. The van der Waals surface area contributed by atoms with E-state index in [2.05, 4.69) is 20.5 Å². The van der Waals surface area contributed by atoms with Crippen LogP contribution in [0.3, 0.4) is 0 Å². The fourth-order valence-corrected chi connectivity index (χ4v) is 4.29. The Morgan fingerprint density at radius 1 is 1.20 bits per heavy atom. The van der Waals surface area contributed by atoms with E-state index < -0.39 is 29.5 Å². The van der Waals surface area contributed by atoms with Crippen LogP contribution in [0.25, 0.3) is 0 Å². The number of benzene rings is 1. The van der Waals surface area contributed by atoms with Crippen molar-refractivity contribution >= 4 is 23.3 Å². The summed E-state index contributed by atoms with van der Waals surface area (Å²) < 4.78 is 40.7. The number of carbonyl (C=O) groups excluding carboxylic acids is 1. The van der Waals surface area contributed by atoms with E-state index in [0.29, 0.717) is 23.2 Å². The lowest BCUT2D eigenvalue weighted by Gasteiger charge is -2.25. The normalized spacial score (nSPS) is 20.3. The first kappa shape index (κ1) is 24.9. The van der Waals surface area contributed by atoms with Crippen molar-refractivity contribution in [3.8, 4) is 0 Å². The Hall–Kier alpha value is -3.18. The second kappa shape index (κ2) is 9.12. The van der Waals surface area contributed by atoms with Crippen LogP contribution in [-0.4, -0.2) is 47.9 Å². The molecule has 186 valence electrons. The first-order valence-electron chi connectivity index (χ1n) is 10.8. The molecule has 12 heteroatoms. The number of aryl methyl sites for hydroxylation is 2. The Bertz CT molecular complexity index is 1240. The zero-order valence-corrected chi connectivity index (χ0v) is 20.0. The van der Waals surface area contributed by atoms with Gasteiger partial charge in [-0.2, -0.15) is 13.2 Å². The van der Waals surface area contributed by atoms with Gasteiger partial charge in [0.05, 0.1) is 36.1 Å². The minimum absolute atomic E-state index is 0.00344. The van der Waals surface area contributed by atoms with Crippen molar-refractivity contribution in [1.82, 2.24) is 24.6 Å². The maximum atomic E-state index is 13.2. The van der Waals surface area contributed by atoms with Crippen LogP contribution in [0.5, 0.6) is 0 Å². The number of rotatable bonds is 4. The second-order valence-corrected chi connectivity index (χ2v) is 9.36. The molecule has 0 spiro atoms. The first-order chi connectivity index (χ1) is 16.3. The van der Waals surface area contributed by atoms with Gasteiger partial charge in [0, 0.05) is 11.4 Å². The third-order valence-corrected chi connectivity index (χ3v) is 6.17. The number of carbonyl (C=O) groups is 1. The van der Waals surface area contributed by atoms with Crippen LogP contribution in [0.2, 0.25) is 5.02 Å². The zero-order chi connectivity index (χ0) is 25.5. The van der Waals surface area contributed by atoms with E-state index in [1.165, 1.54) is 17.9 Å². The number of nitrogens with zero attached hydrogens (tertiary/aromatic N) is 5. The van der Waals surface area contributed by atoms with Gasteiger partial charge in [0.2, 0.25) is 0 Å². The largest absolute Gasteiger partial charge is 0.433 e. The molecule has 0 radical (unpaired) electrons. The number of hydrogen-bond donors (Lipinski definition) is 2. The van der Waals surface area contributed by atoms with Gasteiger partial charge >= 0.3 is 12.2 Å². The number of urea groups is 1. The number of hydrogen-bond acceptors (Lipinski definition) is 5. The molecule has 1 unspecified atom stereocenters. The van der Waals surface area contributed by atoms with Gasteiger partial charge in [0.15, 0.2) is 5.82 Å². The Morgan fingerprint density at radius 3 is 2.51 bits per heavy atom. The Labute approximate surface area is 204 Å². The molecule has 0 aliphatic carbocycles. The molecule has 1 aromatic carbocycles. The summed E-state index contributed by atoms with van der Waals surface area (Å²) in [5.74, 6) is 1.12. The summed E-state index contributed by atoms with van der Waals surface area (Å²) in [4.78, 5) is 18.2. The van der Waals surface area contributed by atoms with E-state index in [1.807, 2.05) is 16.7 Å². The van der Waals surface area contributed by atoms with Gasteiger partial charge in [-0.15, -0.1) is 10.2 Å². The molecule has 1 aliphatic heterocycles. The van der Waals surface area contributed by atoms with Crippen molar-refractivity contribution in [2.45, 2.75) is 51.6 Å². The Balaban J connectivity index is 1.61. The van der Waals surface area contributed by atoms with E-state index >= 15 is 0 Å². The molecule has 0 saturated carbocycles. The van der Waals surface area contributed by atoms with Crippen molar-refractivity contribution in [1.29, 1.82) is 0 Å². The highest BCUT2D eigenvalue weighted by Crippen LogP contribution is 2.38. The topological polar surface area (TPSA) is 96.2 Å². The molecule has 2 amide bonds. The number of β-amino-alcohol motifs (C(OH)–C–C–N with tert-alkyl or cyclic N) is 1. The average Bonchev–Trinajstić information content (AvgIpc) is 3.29. The van der Waals surface area contributed by atoms with E-state index in [1.54, 1.807) is 26.0 Å².